The molecule has 3 heteroatoms. The highest BCUT2D eigenvalue weighted by Crippen LogP contribution is 2.67. The smallest absolute Gasteiger partial charge is 0.302 e. The van der Waals surface area contributed by atoms with Crippen LogP contribution in [0.15, 0.2) is 0 Å². The lowest BCUT2D eigenvalue weighted by atomic mass is 9.43. The van der Waals surface area contributed by atoms with Gasteiger partial charge in [-0.25, -0.2) is 0 Å². The van der Waals surface area contributed by atoms with Gasteiger partial charge in [0.1, 0.15) is 11.9 Å². The fourth-order valence-electron chi connectivity index (χ4n) is 8.36. The van der Waals surface area contributed by atoms with Gasteiger partial charge in [0.05, 0.1) is 0 Å². The molecular formula is C23H36O3. The van der Waals surface area contributed by atoms with Gasteiger partial charge in [0.2, 0.25) is 0 Å². The van der Waals surface area contributed by atoms with Gasteiger partial charge in [-0.05, 0) is 74.0 Å². The average molecular weight is 361 g/mol. The lowest BCUT2D eigenvalue weighted by Gasteiger charge is -2.61. The fraction of sp³-hybridized carbons (Fsp3) is 0.913. The molecule has 0 aromatic rings. The second kappa shape index (κ2) is 6.07. The molecule has 4 saturated carbocycles. The van der Waals surface area contributed by atoms with Crippen molar-refractivity contribution in [1.29, 1.82) is 0 Å². The Bertz CT molecular complexity index is 613. The summed E-state index contributed by atoms with van der Waals surface area (Å²) in [6.45, 7) is 10.8. The van der Waals surface area contributed by atoms with Gasteiger partial charge >= 0.3 is 5.97 Å². The van der Waals surface area contributed by atoms with Gasteiger partial charge in [-0.2, -0.15) is 0 Å². The van der Waals surface area contributed by atoms with Gasteiger partial charge in [0.15, 0.2) is 0 Å². The van der Waals surface area contributed by atoms with E-state index in [0.717, 1.165) is 24.7 Å². The van der Waals surface area contributed by atoms with Crippen molar-refractivity contribution in [2.75, 3.05) is 0 Å². The summed E-state index contributed by atoms with van der Waals surface area (Å²) in [5.41, 5.74) is 0.480. The number of esters is 1. The topological polar surface area (TPSA) is 43.4 Å². The molecule has 4 fully saturated rings. The third-order valence-corrected chi connectivity index (χ3v) is 9.45. The van der Waals surface area contributed by atoms with E-state index in [1.807, 2.05) is 0 Å². The quantitative estimate of drug-likeness (QED) is 0.617. The van der Waals surface area contributed by atoms with E-state index in [4.69, 9.17) is 4.74 Å². The summed E-state index contributed by atoms with van der Waals surface area (Å²) in [6, 6.07) is 0. The van der Waals surface area contributed by atoms with Crippen LogP contribution < -0.4 is 0 Å². The Morgan fingerprint density at radius 1 is 0.962 bits per heavy atom. The Hall–Kier alpha value is -0.860. The first-order valence-electron chi connectivity index (χ1n) is 10.9. The van der Waals surface area contributed by atoms with E-state index in [0.29, 0.717) is 23.0 Å². The second-order valence-corrected chi connectivity index (χ2v) is 10.6. The molecule has 4 rings (SSSR count). The lowest BCUT2D eigenvalue weighted by molar-refractivity contribution is -0.168. The lowest BCUT2D eigenvalue weighted by Crippen LogP contribution is -2.57. The van der Waals surface area contributed by atoms with E-state index in [1.54, 1.807) is 6.92 Å². The molecule has 9 unspecified atom stereocenters. The first-order chi connectivity index (χ1) is 12.2. The Morgan fingerprint density at radius 2 is 1.62 bits per heavy atom. The third kappa shape index (κ3) is 2.44. The summed E-state index contributed by atoms with van der Waals surface area (Å²) >= 11 is 0. The Balaban J connectivity index is 1.61. The zero-order valence-electron chi connectivity index (χ0n) is 17.2. The predicted molar refractivity (Wildman–Crippen MR) is 101 cm³/mol. The van der Waals surface area contributed by atoms with Crippen molar-refractivity contribution in [3.63, 3.8) is 0 Å². The first kappa shape index (κ1) is 18.5. The second-order valence-electron chi connectivity index (χ2n) is 10.6. The van der Waals surface area contributed by atoms with Crippen molar-refractivity contribution >= 4 is 11.8 Å². The van der Waals surface area contributed by atoms with Crippen LogP contribution >= 0.6 is 0 Å². The molecule has 0 radical (unpaired) electrons. The van der Waals surface area contributed by atoms with Gasteiger partial charge in [0, 0.05) is 24.2 Å². The summed E-state index contributed by atoms with van der Waals surface area (Å²) < 4.78 is 5.76. The number of hydrogen-bond donors (Lipinski definition) is 0. The number of fused-ring (bicyclic) bond motifs is 5. The van der Waals surface area contributed by atoms with Crippen LogP contribution in [0, 0.1) is 46.3 Å². The van der Waals surface area contributed by atoms with Gasteiger partial charge in [0.25, 0.3) is 0 Å². The molecule has 0 heterocycles. The zero-order chi connectivity index (χ0) is 18.9. The Morgan fingerprint density at radius 3 is 2.31 bits per heavy atom. The number of carbonyl (C=O) groups excluding carboxylic acids is 2. The molecule has 0 N–H and O–H groups in total. The summed E-state index contributed by atoms with van der Waals surface area (Å²) in [5.74, 6) is 3.59. The molecular weight excluding hydrogens is 324 g/mol. The summed E-state index contributed by atoms with van der Waals surface area (Å²) in [7, 11) is 0. The highest BCUT2D eigenvalue weighted by atomic mass is 16.5. The summed E-state index contributed by atoms with van der Waals surface area (Å²) in [4.78, 5) is 24.2. The molecule has 0 amide bonds. The van der Waals surface area contributed by atoms with Crippen molar-refractivity contribution in [2.45, 2.75) is 85.7 Å². The van der Waals surface area contributed by atoms with Crippen molar-refractivity contribution in [3.8, 4) is 0 Å². The zero-order valence-corrected chi connectivity index (χ0v) is 17.2. The van der Waals surface area contributed by atoms with E-state index in [1.165, 1.54) is 32.1 Å². The van der Waals surface area contributed by atoms with E-state index in [9.17, 15) is 9.59 Å². The van der Waals surface area contributed by atoms with Crippen LogP contribution in [0.5, 0.6) is 0 Å². The van der Waals surface area contributed by atoms with Crippen LogP contribution in [0.1, 0.15) is 79.6 Å². The highest BCUT2D eigenvalue weighted by molar-refractivity contribution is 5.84. The number of carbonyl (C=O) groups is 2. The van der Waals surface area contributed by atoms with E-state index < -0.39 is 0 Å². The molecule has 0 aromatic heterocycles. The molecule has 3 nitrogen and oxygen atoms in total. The van der Waals surface area contributed by atoms with Crippen molar-refractivity contribution in [2.24, 2.45) is 46.3 Å². The average Bonchev–Trinajstić information content (AvgIpc) is 2.89. The molecule has 4 aliphatic carbocycles. The SMILES string of the molecule is CC(=O)OC1CCC2C3CCC4C(C)C(=O)C(C)CC4(C)C3CCC12C. The van der Waals surface area contributed by atoms with Crippen LogP contribution in [0.3, 0.4) is 0 Å². The van der Waals surface area contributed by atoms with Gasteiger partial charge in [-0.15, -0.1) is 0 Å². The maximum absolute atomic E-state index is 12.6. The van der Waals surface area contributed by atoms with Crippen LogP contribution in [0.2, 0.25) is 0 Å². The van der Waals surface area contributed by atoms with Crippen LogP contribution in [0.4, 0.5) is 0 Å². The first-order valence-corrected chi connectivity index (χ1v) is 10.9. The van der Waals surface area contributed by atoms with Gasteiger partial charge < -0.3 is 4.74 Å². The number of ether oxygens (including phenoxy) is 1. The molecule has 9 atom stereocenters. The molecule has 0 saturated heterocycles. The number of hydrogen-bond acceptors (Lipinski definition) is 3. The fourth-order valence-corrected chi connectivity index (χ4v) is 8.36. The molecule has 146 valence electrons. The molecule has 0 spiro atoms. The minimum atomic E-state index is -0.122. The summed E-state index contributed by atoms with van der Waals surface area (Å²) in [6.07, 6.45) is 8.34. The number of ketones is 1. The molecule has 0 bridgehead atoms. The monoisotopic (exact) mass is 360 g/mol. The summed E-state index contributed by atoms with van der Waals surface area (Å²) in [5, 5.41) is 0. The van der Waals surface area contributed by atoms with Crippen molar-refractivity contribution in [1.82, 2.24) is 0 Å². The Kier molecular flexibility index (Phi) is 4.32. The van der Waals surface area contributed by atoms with Crippen LogP contribution in [-0.2, 0) is 14.3 Å². The minimum Gasteiger partial charge on any atom is -0.462 e. The van der Waals surface area contributed by atoms with E-state index in [2.05, 4.69) is 27.7 Å². The number of rotatable bonds is 1. The third-order valence-electron chi connectivity index (χ3n) is 9.45. The molecule has 0 aromatic carbocycles. The standard InChI is InChI=1S/C23H36O3/c1-13-12-23(5)17(14(2)21(13)25)7-6-16-18-8-9-20(26-15(3)24)22(18,4)11-10-19(16)23/h13-14,16-20H,6-12H2,1-5H3. The number of Topliss-reactive ketones (excluding diaryl/α,β-unsaturated/α-hetero) is 1. The molecule has 4 aliphatic rings. The normalized spacial score (nSPS) is 53.4. The van der Waals surface area contributed by atoms with Gasteiger partial charge in [-0.1, -0.05) is 27.7 Å². The minimum absolute atomic E-state index is 0.113. The van der Waals surface area contributed by atoms with Crippen molar-refractivity contribution in [3.05, 3.63) is 0 Å². The Labute approximate surface area is 158 Å². The maximum Gasteiger partial charge on any atom is 0.302 e. The van der Waals surface area contributed by atoms with E-state index >= 15 is 0 Å². The van der Waals surface area contributed by atoms with Crippen LogP contribution in [0.25, 0.3) is 0 Å². The molecule has 0 aliphatic heterocycles. The highest BCUT2D eigenvalue weighted by Gasteiger charge is 2.62. The largest absolute Gasteiger partial charge is 0.462 e. The van der Waals surface area contributed by atoms with Crippen molar-refractivity contribution < 1.29 is 14.3 Å². The maximum atomic E-state index is 12.6. The molecule has 26 heavy (non-hydrogen) atoms. The van der Waals surface area contributed by atoms with Crippen LogP contribution in [-0.4, -0.2) is 17.9 Å². The van der Waals surface area contributed by atoms with Gasteiger partial charge in [-0.3, -0.25) is 9.59 Å². The van der Waals surface area contributed by atoms with E-state index in [-0.39, 0.29) is 29.3 Å². The predicted octanol–water partition coefficient (Wildman–Crippen LogP) is 5.02.